The first-order valence-electron chi connectivity index (χ1n) is 8.57. The first-order valence-corrected chi connectivity index (χ1v) is 8.57. The van der Waals surface area contributed by atoms with E-state index in [-0.39, 0.29) is 11.4 Å². The van der Waals surface area contributed by atoms with Crippen molar-refractivity contribution in [2.45, 2.75) is 12.3 Å². The summed E-state index contributed by atoms with van der Waals surface area (Å²) in [6, 6.07) is 7.55. The summed E-state index contributed by atoms with van der Waals surface area (Å²) >= 11 is 0. The predicted molar refractivity (Wildman–Crippen MR) is 90.0 cm³/mol. The highest BCUT2D eigenvalue weighted by atomic mass is 19.4. The van der Waals surface area contributed by atoms with E-state index >= 15 is 0 Å². The lowest BCUT2D eigenvalue weighted by molar-refractivity contribution is -0.198. The molecule has 5 nitrogen and oxygen atoms in total. The topological polar surface area (TPSA) is 50.3 Å². The van der Waals surface area contributed by atoms with Gasteiger partial charge in [0.2, 0.25) is 12.0 Å². The number of nitrogens with zero attached hydrogens (tertiary/aromatic N) is 3. The third-order valence-electron chi connectivity index (χ3n) is 4.95. The largest absolute Gasteiger partial charge is 0.459 e. The second kappa shape index (κ2) is 6.75. The van der Waals surface area contributed by atoms with Crippen LogP contribution in [0.2, 0.25) is 0 Å². The quantitative estimate of drug-likeness (QED) is 0.904. The van der Waals surface area contributed by atoms with Gasteiger partial charge >= 0.3 is 6.18 Å². The molecule has 1 unspecified atom stereocenters. The van der Waals surface area contributed by atoms with Gasteiger partial charge in [0, 0.05) is 31.7 Å². The number of ether oxygens (including phenoxy) is 1. The molecule has 3 atom stereocenters. The molecule has 0 amide bonds. The molecule has 0 aliphatic carbocycles. The number of benzene rings is 1. The average molecular weight is 364 g/mol. The summed E-state index contributed by atoms with van der Waals surface area (Å²) < 4.78 is 45.6. The molecule has 0 spiro atoms. The van der Waals surface area contributed by atoms with Crippen molar-refractivity contribution in [2.75, 3.05) is 31.1 Å². The number of anilines is 1. The lowest BCUT2D eigenvalue weighted by Crippen LogP contribution is -2.28. The van der Waals surface area contributed by atoms with E-state index in [4.69, 9.17) is 4.74 Å². The van der Waals surface area contributed by atoms with Crippen molar-refractivity contribution in [2.24, 2.45) is 11.8 Å². The highest BCUT2D eigenvalue weighted by Crippen LogP contribution is 2.37. The van der Waals surface area contributed by atoms with E-state index in [0.717, 1.165) is 26.2 Å². The van der Waals surface area contributed by atoms with Gasteiger partial charge in [0.15, 0.2) is 5.82 Å². The van der Waals surface area contributed by atoms with Crippen LogP contribution >= 0.6 is 0 Å². The minimum Gasteiger partial charge on any atom is -0.459 e. The molecule has 138 valence electrons. The molecule has 1 N–H and O–H groups in total. The van der Waals surface area contributed by atoms with Crippen LogP contribution < -0.4 is 15.0 Å². The minimum atomic E-state index is -4.55. The van der Waals surface area contributed by atoms with Crippen LogP contribution in [-0.2, 0) is 0 Å². The summed E-state index contributed by atoms with van der Waals surface area (Å²) in [5.74, 6) is 1.54. The van der Waals surface area contributed by atoms with Crippen molar-refractivity contribution >= 4 is 5.82 Å². The summed E-state index contributed by atoms with van der Waals surface area (Å²) in [5, 5.41) is 3.36. The molecule has 8 heteroatoms. The Kier molecular flexibility index (Phi) is 4.44. The fraction of sp³-hybridized carbons (Fsp3) is 0.444. The van der Waals surface area contributed by atoms with Crippen LogP contribution in [0.1, 0.15) is 11.7 Å². The lowest BCUT2D eigenvalue weighted by atomic mass is 10.0. The summed E-state index contributed by atoms with van der Waals surface area (Å²) in [6.45, 7) is 3.60. The van der Waals surface area contributed by atoms with Crippen LogP contribution in [0.5, 0.6) is 5.88 Å². The fourth-order valence-electron chi connectivity index (χ4n) is 3.66. The third-order valence-corrected chi connectivity index (χ3v) is 4.95. The molecule has 0 radical (unpaired) electrons. The number of rotatable bonds is 4. The SMILES string of the molecule is FC(F)(F)C(Oc1cncc(N2C[C@H]3CNC[C@H]3C2)n1)c1ccccc1. The van der Waals surface area contributed by atoms with Gasteiger partial charge in [-0.05, 0) is 11.8 Å². The maximum Gasteiger partial charge on any atom is 0.429 e. The monoisotopic (exact) mass is 364 g/mol. The van der Waals surface area contributed by atoms with E-state index < -0.39 is 12.3 Å². The number of fused-ring (bicyclic) bond motifs is 1. The van der Waals surface area contributed by atoms with E-state index in [2.05, 4.69) is 20.2 Å². The molecule has 2 aromatic rings. The Morgan fingerprint density at radius 1 is 1.08 bits per heavy atom. The Balaban J connectivity index is 1.54. The molecule has 1 aromatic heterocycles. The molecule has 4 rings (SSSR count). The zero-order valence-electron chi connectivity index (χ0n) is 14.0. The van der Waals surface area contributed by atoms with Crippen molar-refractivity contribution in [1.82, 2.24) is 15.3 Å². The molecule has 0 saturated carbocycles. The number of nitrogens with one attached hydrogen (secondary N) is 1. The molecule has 2 saturated heterocycles. The van der Waals surface area contributed by atoms with Crippen molar-refractivity contribution in [3.8, 4) is 5.88 Å². The summed E-state index contributed by atoms with van der Waals surface area (Å²) in [7, 11) is 0. The van der Waals surface area contributed by atoms with Gasteiger partial charge in [-0.25, -0.2) is 0 Å². The number of hydrogen-bond acceptors (Lipinski definition) is 5. The normalized spacial score (nSPS) is 23.7. The Hall–Kier alpha value is -2.35. The van der Waals surface area contributed by atoms with Crippen molar-refractivity contribution in [3.63, 3.8) is 0 Å². The minimum absolute atomic E-state index is 0.0361. The van der Waals surface area contributed by atoms with Gasteiger partial charge in [0.1, 0.15) is 0 Å². The second-order valence-electron chi connectivity index (χ2n) is 6.75. The molecule has 26 heavy (non-hydrogen) atoms. The van der Waals surface area contributed by atoms with Crippen LogP contribution in [-0.4, -0.2) is 42.3 Å². The van der Waals surface area contributed by atoms with E-state index in [0.29, 0.717) is 17.7 Å². The van der Waals surface area contributed by atoms with Gasteiger partial charge in [-0.3, -0.25) is 4.98 Å². The smallest absolute Gasteiger partial charge is 0.429 e. The standard InChI is InChI=1S/C18H19F3N4O/c19-18(20,21)17(12-4-2-1-3-5-12)26-16-9-23-8-15(24-16)25-10-13-6-22-7-14(13)11-25/h1-5,8-9,13-14,17,22H,6-7,10-11H2/t13-,14+,17?. The van der Waals surface area contributed by atoms with Crippen LogP contribution in [0.4, 0.5) is 19.0 Å². The number of hydrogen-bond donors (Lipinski definition) is 1. The maximum absolute atomic E-state index is 13.5. The molecular weight excluding hydrogens is 345 g/mol. The number of aromatic nitrogens is 2. The molecule has 2 aliphatic rings. The Labute approximate surface area is 149 Å². The highest BCUT2D eigenvalue weighted by molar-refractivity contribution is 5.40. The van der Waals surface area contributed by atoms with Crippen molar-refractivity contribution in [1.29, 1.82) is 0 Å². The summed E-state index contributed by atoms with van der Waals surface area (Å²) in [5.41, 5.74) is 0.0361. The van der Waals surface area contributed by atoms with Crippen molar-refractivity contribution < 1.29 is 17.9 Å². The Bertz CT molecular complexity index is 744. The van der Waals surface area contributed by atoms with Gasteiger partial charge in [-0.2, -0.15) is 18.2 Å². The molecule has 2 fully saturated rings. The van der Waals surface area contributed by atoms with Crippen LogP contribution in [0.25, 0.3) is 0 Å². The zero-order valence-corrected chi connectivity index (χ0v) is 14.0. The van der Waals surface area contributed by atoms with E-state index in [1.807, 2.05) is 0 Å². The van der Waals surface area contributed by atoms with Gasteiger partial charge in [-0.1, -0.05) is 30.3 Å². The predicted octanol–water partition coefficient (Wildman–Crippen LogP) is 2.81. The summed E-state index contributed by atoms with van der Waals surface area (Å²) in [4.78, 5) is 10.4. The number of halogens is 3. The molecule has 3 heterocycles. The Morgan fingerprint density at radius 2 is 1.77 bits per heavy atom. The Morgan fingerprint density at radius 3 is 2.42 bits per heavy atom. The zero-order chi connectivity index (χ0) is 18.1. The fourth-order valence-corrected chi connectivity index (χ4v) is 3.66. The van der Waals surface area contributed by atoms with Crippen LogP contribution in [0, 0.1) is 11.8 Å². The summed E-state index contributed by atoms with van der Waals surface area (Å²) in [6.07, 6.45) is -3.82. The molecular formula is C18H19F3N4O. The van der Waals surface area contributed by atoms with Crippen molar-refractivity contribution in [3.05, 3.63) is 48.3 Å². The lowest BCUT2D eigenvalue weighted by Gasteiger charge is -2.23. The highest BCUT2D eigenvalue weighted by Gasteiger charge is 2.43. The van der Waals surface area contributed by atoms with Gasteiger partial charge < -0.3 is 15.0 Å². The second-order valence-corrected chi connectivity index (χ2v) is 6.75. The van der Waals surface area contributed by atoms with Gasteiger partial charge in [0.25, 0.3) is 0 Å². The van der Waals surface area contributed by atoms with Gasteiger partial charge in [0.05, 0.1) is 12.4 Å². The maximum atomic E-state index is 13.5. The van der Waals surface area contributed by atoms with Crippen LogP contribution in [0.15, 0.2) is 42.7 Å². The third kappa shape index (κ3) is 3.46. The molecule has 1 aromatic carbocycles. The first-order chi connectivity index (χ1) is 12.5. The van der Waals surface area contributed by atoms with E-state index in [1.54, 1.807) is 24.4 Å². The van der Waals surface area contributed by atoms with E-state index in [1.165, 1.54) is 18.3 Å². The molecule has 2 aliphatic heterocycles. The molecule has 0 bridgehead atoms. The van der Waals surface area contributed by atoms with Crippen LogP contribution in [0.3, 0.4) is 0 Å². The van der Waals surface area contributed by atoms with E-state index in [9.17, 15) is 13.2 Å². The number of alkyl halides is 3. The average Bonchev–Trinajstić information content (AvgIpc) is 3.22. The first kappa shape index (κ1) is 17.1. The van der Waals surface area contributed by atoms with Gasteiger partial charge in [-0.15, -0.1) is 0 Å².